The van der Waals surface area contributed by atoms with Crippen LogP contribution in [-0.4, -0.2) is 31.3 Å². The molecular formula is C29H29F3NO3P. The second kappa shape index (κ2) is 14.7. The van der Waals surface area contributed by atoms with Gasteiger partial charge >= 0.3 is 5.97 Å². The van der Waals surface area contributed by atoms with Crippen LogP contribution in [0.3, 0.4) is 0 Å². The summed E-state index contributed by atoms with van der Waals surface area (Å²) in [6.45, 7) is 5.81. The van der Waals surface area contributed by atoms with Gasteiger partial charge in [0.05, 0.1) is 11.3 Å². The molecule has 0 saturated carbocycles. The minimum absolute atomic E-state index is 0.183. The van der Waals surface area contributed by atoms with Crippen LogP contribution in [-0.2, 0) is 0 Å². The Bertz CT molecular complexity index is 1260. The number of carboxylic acid groups (broad SMARTS) is 1. The average Bonchev–Trinajstić information content (AvgIpc) is 2.85. The number of para-hydroxylation sites is 1. The fourth-order valence-electron chi connectivity index (χ4n) is 3.17. The van der Waals surface area contributed by atoms with Gasteiger partial charge in [-0.25, -0.2) is 18.0 Å². The highest BCUT2D eigenvalue weighted by atomic mass is 31.0. The Morgan fingerprint density at radius 2 is 1.73 bits per heavy atom. The predicted octanol–water partition coefficient (Wildman–Crippen LogP) is 7.73. The number of aromatic carboxylic acids is 1. The zero-order chi connectivity index (χ0) is 27.4. The Balaban J connectivity index is 0.000000510. The third-order valence-corrected chi connectivity index (χ3v) is 5.60. The van der Waals surface area contributed by atoms with Gasteiger partial charge in [0.2, 0.25) is 0 Å². The quantitative estimate of drug-likeness (QED) is 0.229. The summed E-state index contributed by atoms with van der Waals surface area (Å²) in [5, 5.41) is 10.3. The molecular weight excluding hydrogens is 498 g/mol. The van der Waals surface area contributed by atoms with Gasteiger partial charge in [-0.1, -0.05) is 49.1 Å². The molecule has 0 saturated heterocycles. The summed E-state index contributed by atoms with van der Waals surface area (Å²) in [6.07, 6.45) is 4.81. The van der Waals surface area contributed by atoms with Crippen LogP contribution in [0.5, 0.6) is 11.5 Å². The summed E-state index contributed by atoms with van der Waals surface area (Å²) in [6, 6.07) is 17.1. The number of carboxylic acids is 1. The molecule has 0 amide bonds. The van der Waals surface area contributed by atoms with Crippen molar-refractivity contribution in [2.75, 3.05) is 25.2 Å². The lowest BCUT2D eigenvalue weighted by Gasteiger charge is -2.25. The van der Waals surface area contributed by atoms with Crippen molar-refractivity contribution in [3.8, 4) is 11.5 Å². The number of rotatable bonds is 9. The Labute approximate surface area is 217 Å². The number of carbonyl (C=O) groups is 1. The number of halogens is 3. The molecule has 0 heterocycles. The van der Waals surface area contributed by atoms with Crippen LogP contribution in [0.1, 0.15) is 15.9 Å². The Morgan fingerprint density at radius 3 is 2.27 bits per heavy atom. The van der Waals surface area contributed by atoms with Crippen LogP contribution in [0.2, 0.25) is 0 Å². The van der Waals surface area contributed by atoms with E-state index in [2.05, 4.69) is 15.8 Å². The summed E-state index contributed by atoms with van der Waals surface area (Å²) in [7, 11) is 4.43. The van der Waals surface area contributed by atoms with Gasteiger partial charge in [0.1, 0.15) is 24.1 Å². The number of nitrogens with zero attached hydrogens (tertiary/aromatic N) is 1. The highest BCUT2D eigenvalue weighted by Gasteiger charge is 2.18. The molecule has 0 bridgehead atoms. The van der Waals surface area contributed by atoms with E-state index in [1.807, 2.05) is 49.2 Å². The smallest absolute Gasteiger partial charge is 0.335 e. The number of aryl methyl sites for hydroxylation is 1. The van der Waals surface area contributed by atoms with Crippen molar-refractivity contribution in [2.45, 2.75) is 6.92 Å². The number of anilines is 1. The number of hydrogen-bond acceptors (Lipinski definition) is 3. The van der Waals surface area contributed by atoms with E-state index in [9.17, 15) is 23.1 Å². The van der Waals surface area contributed by atoms with E-state index >= 15 is 0 Å². The van der Waals surface area contributed by atoms with Gasteiger partial charge in [0.25, 0.3) is 0 Å². The summed E-state index contributed by atoms with van der Waals surface area (Å²) < 4.78 is 42.2. The predicted molar refractivity (Wildman–Crippen MR) is 146 cm³/mol. The molecule has 0 aliphatic carbocycles. The molecule has 0 aliphatic rings. The summed E-state index contributed by atoms with van der Waals surface area (Å²) in [4.78, 5) is 13.4. The van der Waals surface area contributed by atoms with Gasteiger partial charge in [0, 0.05) is 19.7 Å². The van der Waals surface area contributed by atoms with Crippen molar-refractivity contribution in [2.24, 2.45) is 0 Å². The molecule has 1 atom stereocenters. The van der Waals surface area contributed by atoms with Crippen molar-refractivity contribution in [1.29, 1.82) is 0 Å². The number of benzene rings is 3. The van der Waals surface area contributed by atoms with E-state index in [1.165, 1.54) is 24.3 Å². The Kier molecular flexibility index (Phi) is 11.7. The summed E-state index contributed by atoms with van der Waals surface area (Å²) >= 11 is 0. The molecule has 0 spiro atoms. The highest BCUT2D eigenvalue weighted by molar-refractivity contribution is 7.23. The number of likely N-dealkylation sites (N-methyl/N-ethyl adjacent to an activating group) is 1. The van der Waals surface area contributed by atoms with Crippen molar-refractivity contribution in [1.82, 2.24) is 0 Å². The van der Waals surface area contributed by atoms with Gasteiger partial charge in [-0.3, -0.25) is 0 Å². The molecule has 3 aromatic rings. The largest absolute Gasteiger partial charge is 0.478 e. The van der Waals surface area contributed by atoms with Gasteiger partial charge in [-0.05, 0) is 59.8 Å². The second-order valence-corrected chi connectivity index (χ2v) is 8.59. The highest BCUT2D eigenvalue weighted by Crippen LogP contribution is 2.37. The van der Waals surface area contributed by atoms with E-state index in [0.29, 0.717) is 29.3 Å². The van der Waals surface area contributed by atoms with Crippen molar-refractivity contribution < 1.29 is 27.8 Å². The molecule has 3 aromatic carbocycles. The van der Waals surface area contributed by atoms with E-state index in [1.54, 1.807) is 24.3 Å². The van der Waals surface area contributed by atoms with Crippen molar-refractivity contribution in [3.05, 3.63) is 125 Å². The van der Waals surface area contributed by atoms with Crippen LogP contribution in [0.25, 0.3) is 0 Å². The minimum atomic E-state index is -1.00. The van der Waals surface area contributed by atoms with E-state index < -0.39 is 24.3 Å². The number of alkyl halides is 1. The number of allylic oxidation sites excluding steroid dienone is 3. The van der Waals surface area contributed by atoms with Gasteiger partial charge < -0.3 is 14.7 Å². The van der Waals surface area contributed by atoms with Crippen LogP contribution in [0.15, 0.2) is 102 Å². The molecule has 1 N–H and O–H groups in total. The molecule has 8 heteroatoms. The molecule has 194 valence electrons. The molecule has 0 radical (unpaired) electrons. The molecule has 37 heavy (non-hydrogen) atoms. The monoisotopic (exact) mass is 527 g/mol. The molecule has 0 fully saturated rings. The molecule has 1 unspecified atom stereocenters. The number of ether oxygens (including phenoxy) is 1. The fraction of sp³-hybridized carbons (Fsp3) is 0.138. The zero-order valence-corrected chi connectivity index (χ0v) is 21.8. The third kappa shape index (κ3) is 9.62. The topological polar surface area (TPSA) is 49.8 Å². The SMILES string of the molecule is C=C(CN(C)c1cc(C(=O)O)cc(C)c1Oc1ccccc1)/C(P)=C\C=C/CF.Fc1cccc(F)c1. The van der Waals surface area contributed by atoms with E-state index in [0.717, 1.165) is 17.0 Å². The first-order valence-corrected chi connectivity index (χ1v) is 11.8. The number of hydrogen-bond donors (Lipinski definition) is 1. The molecule has 0 aromatic heterocycles. The second-order valence-electron chi connectivity index (χ2n) is 7.97. The normalized spacial score (nSPS) is 11.0. The maximum atomic E-state index is 12.2. The Morgan fingerprint density at radius 1 is 1.08 bits per heavy atom. The van der Waals surface area contributed by atoms with Gasteiger partial charge in [-0.15, -0.1) is 9.24 Å². The molecule has 4 nitrogen and oxygen atoms in total. The molecule has 0 aliphatic heterocycles. The van der Waals surface area contributed by atoms with Gasteiger partial charge in [0.15, 0.2) is 5.75 Å². The van der Waals surface area contributed by atoms with Crippen LogP contribution in [0.4, 0.5) is 18.9 Å². The maximum Gasteiger partial charge on any atom is 0.335 e. The van der Waals surface area contributed by atoms with E-state index in [4.69, 9.17) is 4.74 Å². The zero-order valence-electron chi connectivity index (χ0n) is 20.6. The third-order valence-electron chi connectivity index (χ3n) is 5.00. The van der Waals surface area contributed by atoms with Crippen LogP contribution < -0.4 is 9.64 Å². The van der Waals surface area contributed by atoms with E-state index in [-0.39, 0.29) is 5.56 Å². The average molecular weight is 528 g/mol. The van der Waals surface area contributed by atoms with Crippen molar-refractivity contribution in [3.63, 3.8) is 0 Å². The maximum absolute atomic E-state index is 12.2. The van der Waals surface area contributed by atoms with Crippen LogP contribution >= 0.6 is 9.24 Å². The first-order valence-electron chi connectivity index (χ1n) is 11.2. The standard InChI is InChI=1S/C23H25FNO3P.C6H4F2/c1-16-13-18(23(26)27)14-20(22(16)28-19-9-5-4-6-10-19)25(3)15-17(2)21(29)11-7-8-12-24;7-5-2-1-3-6(8)4-5/h4-11,13-14H,2,12,15,29H2,1,3H3,(H,26,27);1-4H/b8-7-,21-11+;. The lowest BCUT2D eigenvalue weighted by Crippen LogP contribution is -2.21. The first kappa shape index (κ1) is 29.4. The summed E-state index contributed by atoms with van der Waals surface area (Å²) in [5.41, 5.74) is 2.34. The minimum Gasteiger partial charge on any atom is -0.478 e. The lowest BCUT2D eigenvalue weighted by molar-refractivity contribution is 0.0696. The molecule has 3 rings (SSSR count). The lowest BCUT2D eigenvalue weighted by atomic mass is 10.1. The Hall–Kier alpha value is -3.83. The van der Waals surface area contributed by atoms with Crippen LogP contribution in [0, 0.1) is 18.6 Å². The van der Waals surface area contributed by atoms with Crippen molar-refractivity contribution >= 4 is 20.9 Å². The summed E-state index contributed by atoms with van der Waals surface area (Å²) in [5.74, 6) is -0.830. The van der Waals surface area contributed by atoms with Gasteiger partial charge in [-0.2, -0.15) is 0 Å². The fourth-order valence-corrected chi connectivity index (χ4v) is 3.37. The first-order chi connectivity index (χ1) is 17.6.